The third-order valence-corrected chi connectivity index (χ3v) is 9.51. The van der Waals surface area contributed by atoms with Crippen LogP contribution in [0, 0.1) is 5.82 Å². The number of anilines is 1. The number of nitrogens with zero attached hydrogens (tertiary/aromatic N) is 4. The molecular formula is C33H30ClFN6O6. The molecule has 2 N–H and O–H groups in total. The first-order valence-corrected chi connectivity index (χ1v) is 15.3. The number of nitrogens with one attached hydrogen (secondary N) is 2. The largest absolute Gasteiger partial charge is 0.491 e. The minimum absolute atomic E-state index is 0.0509. The van der Waals surface area contributed by atoms with Gasteiger partial charge in [0, 0.05) is 62.6 Å². The highest BCUT2D eigenvalue weighted by molar-refractivity contribution is 6.36. The average molecular weight is 661 g/mol. The van der Waals surface area contributed by atoms with Crippen LogP contribution < -0.4 is 31.4 Å². The summed E-state index contributed by atoms with van der Waals surface area (Å²) in [6.07, 6.45) is 2.49. The summed E-state index contributed by atoms with van der Waals surface area (Å²) in [6, 6.07) is 11.1. The lowest BCUT2D eigenvalue weighted by Crippen LogP contribution is -2.67. The Labute approximate surface area is 272 Å². The molecule has 2 aromatic heterocycles. The van der Waals surface area contributed by atoms with Crippen LogP contribution in [0.4, 0.5) is 10.1 Å². The summed E-state index contributed by atoms with van der Waals surface area (Å²) < 4.78 is 30.0. The number of rotatable bonds is 6. The van der Waals surface area contributed by atoms with Crippen LogP contribution in [-0.2, 0) is 18.9 Å². The van der Waals surface area contributed by atoms with Crippen LogP contribution in [0.1, 0.15) is 34.8 Å². The van der Waals surface area contributed by atoms with Crippen LogP contribution >= 0.6 is 11.6 Å². The van der Waals surface area contributed by atoms with Gasteiger partial charge < -0.3 is 24.7 Å². The average Bonchev–Trinajstić information content (AvgIpc) is 3.65. The van der Waals surface area contributed by atoms with Crippen LogP contribution in [-0.4, -0.2) is 63.2 Å². The predicted octanol–water partition coefficient (Wildman–Crippen LogP) is 3.26. The van der Waals surface area contributed by atoms with E-state index in [9.17, 15) is 19.2 Å². The van der Waals surface area contributed by atoms with Crippen LogP contribution in [0.15, 0.2) is 58.3 Å². The van der Waals surface area contributed by atoms with Gasteiger partial charge in [-0.2, -0.15) is 0 Å². The van der Waals surface area contributed by atoms with E-state index in [1.54, 1.807) is 36.4 Å². The third kappa shape index (κ3) is 5.06. The number of carbonyl (C=O) groups is 2. The summed E-state index contributed by atoms with van der Waals surface area (Å²) in [6.45, 7) is 1.79. The number of pyridine rings is 1. The van der Waals surface area contributed by atoms with Gasteiger partial charge in [0.2, 0.25) is 11.8 Å². The third-order valence-electron chi connectivity index (χ3n) is 9.10. The molecule has 0 aliphatic carbocycles. The van der Waals surface area contributed by atoms with Crippen molar-refractivity contribution in [2.45, 2.75) is 24.4 Å². The van der Waals surface area contributed by atoms with E-state index in [-0.39, 0.29) is 44.9 Å². The minimum Gasteiger partial charge on any atom is -0.491 e. The van der Waals surface area contributed by atoms with Crippen molar-refractivity contribution in [2.24, 2.45) is 14.1 Å². The Hall–Kier alpha value is -5.01. The fraction of sp³-hybridized carbons (Fsp3) is 0.303. The summed E-state index contributed by atoms with van der Waals surface area (Å²) >= 11 is 6.71. The predicted molar refractivity (Wildman–Crippen MR) is 171 cm³/mol. The van der Waals surface area contributed by atoms with Crippen molar-refractivity contribution < 1.29 is 23.5 Å². The van der Waals surface area contributed by atoms with Gasteiger partial charge >= 0.3 is 5.69 Å². The fourth-order valence-corrected chi connectivity index (χ4v) is 6.93. The number of aromatic nitrogens is 3. The van der Waals surface area contributed by atoms with Gasteiger partial charge in [-0.25, -0.2) is 14.2 Å². The molecule has 7 rings (SSSR count). The molecule has 242 valence electrons. The second-order valence-electron chi connectivity index (χ2n) is 12.1. The number of aryl methyl sites for hydroxylation is 1. The number of fused-ring (bicyclic) bond motifs is 1. The number of halogens is 2. The summed E-state index contributed by atoms with van der Waals surface area (Å²) in [5.74, 6) is -0.426. The maximum atomic E-state index is 16.3. The molecule has 0 radical (unpaired) electrons. The first-order chi connectivity index (χ1) is 22.5. The molecule has 2 aromatic carbocycles. The number of amides is 2. The van der Waals surface area contributed by atoms with Crippen LogP contribution in [0.2, 0.25) is 5.02 Å². The first-order valence-electron chi connectivity index (χ1n) is 14.9. The van der Waals surface area contributed by atoms with E-state index in [1.165, 1.54) is 27.3 Å². The van der Waals surface area contributed by atoms with Gasteiger partial charge in [0.25, 0.3) is 11.5 Å². The van der Waals surface area contributed by atoms with Gasteiger partial charge in [0.15, 0.2) is 0 Å². The first kappa shape index (κ1) is 30.6. The molecule has 2 fully saturated rings. The van der Waals surface area contributed by atoms with Gasteiger partial charge in [0.1, 0.15) is 23.7 Å². The monoisotopic (exact) mass is 660 g/mol. The lowest BCUT2D eigenvalue weighted by atomic mass is 9.86. The molecule has 47 heavy (non-hydrogen) atoms. The molecule has 0 bridgehead atoms. The second-order valence-corrected chi connectivity index (χ2v) is 12.5. The topological polar surface area (TPSA) is 137 Å². The van der Waals surface area contributed by atoms with Crippen molar-refractivity contribution in [3.63, 3.8) is 0 Å². The molecule has 0 saturated carbocycles. The smallest absolute Gasteiger partial charge is 0.330 e. The molecule has 2 amide bonds. The standard InChI is InChI=1S/C33H30ClFN6O6/c1-39-13-20(31(44)40(2)32(39)45)29(43)36-21-9-5-6-17(27(21)34)18-7-4-8-19(28(18)35)22-12-24-26(30(37-22)46-3)23(14-47-24)41-15-33(16-41)11-10-25(42)38-33/h4-9,12-13,23H,10-11,14-16H2,1-3H3,(H,36,43)(H,38,42)/t23-/m0/s1. The van der Waals surface area contributed by atoms with E-state index in [0.717, 1.165) is 27.3 Å². The zero-order valence-electron chi connectivity index (χ0n) is 25.7. The highest BCUT2D eigenvalue weighted by atomic mass is 35.5. The maximum absolute atomic E-state index is 16.3. The highest BCUT2D eigenvalue weighted by Crippen LogP contribution is 2.47. The molecule has 12 nitrogen and oxygen atoms in total. The number of benzene rings is 2. The molecule has 1 spiro atoms. The summed E-state index contributed by atoms with van der Waals surface area (Å²) in [5, 5.41) is 5.76. The van der Waals surface area contributed by atoms with Crippen molar-refractivity contribution in [1.82, 2.24) is 24.3 Å². The van der Waals surface area contributed by atoms with Gasteiger partial charge in [-0.05, 0) is 18.6 Å². The Kier molecular flexibility index (Phi) is 7.40. The van der Waals surface area contributed by atoms with Crippen molar-refractivity contribution in [2.75, 3.05) is 32.1 Å². The SMILES string of the molecule is COc1nc(-c2cccc(-c3cccc(NC(=O)c4cn(C)c(=O)n(C)c4=O)c3Cl)c2F)cc2c1[C@@H](N1CC3(CCC(=O)N3)C1)CO2. The van der Waals surface area contributed by atoms with Gasteiger partial charge in [-0.3, -0.25) is 23.9 Å². The molecule has 3 aliphatic heterocycles. The van der Waals surface area contributed by atoms with E-state index in [1.807, 2.05) is 0 Å². The molecule has 2 saturated heterocycles. The van der Waals surface area contributed by atoms with Gasteiger partial charge in [-0.15, -0.1) is 0 Å². The number of ether oxygens (including phenoxy) is 2. The Morgan fingerprint density at radius 2 is 1.85 bits per heavy atom. The Morgan fingerprint density at radius 3 is 2.57 bits per heavy atom. The highest BCUT2D eigenvalue weighted by Gasteiger charge is 2.51. The zero-order valence-corrected chi connectivity index (χ0v) is 26.5. The summed E-state index contributed by atoms with van der Waals surface area (Å²) in [5.41, 5.74) is 0.0882. The quantitative estimate of drug-likeness (QED) is 0.322. The van der Waals surface area contributed by atoms with Crippen LogP contribution in [0.25, 0.3) is 22.4 Å². The van der Waals surface area contributed by atoms with Crippen molar-refractivity contribution in [3.8, 4) is 34.0 Å². The molecule has 3 aliphatic rings. The Balaban J connectivity index is 1.18. The van der Waals surface area contributed by atoms with E-state index < -0.39 is 23.0 Å². The molecule has 1 atom stereocenters. The van der Waals surface area contributed by atoms with Crippen LogP contribution in [0.3, 0.4) is 0 Å². The minimum atomic E-state index is -0.774. The Morgan fingerprint density at radius 1 is 1.13 bits per heavy atom. The van der Waals surface area contributed by atoms with E-state index in [2.05, 4.69) is 20.5 Å². The van der Waals surface area contributed by atoms with Crippen molar-refractivity contribution in [3.05, 3.63) is 91.5 Å². The lowest BCUT2D eigenvalue weighted by Gasteiger charge is -2.50. The zero-order chi connectivity index (χ0) is 33.2. The number of hydrogen-bond acceptors (Lipinski definition) is 8. The van der Waals surface area contributed by atoms with Gasteiger partial charge in [-0.1, -0.05) is 35.9 Å². The molecular weight excluding hydrogens is 631 g/mol. The van der Waals surface area contributed by atoms with Crippen molar-refractivity contribution in [1.29, 1.82) is 0 Å². The molecule has 14 heteroatoms. The van der Waals surface area contributed by atoms with E-state index in [4.69, 9.17) is 21.1 Å². The van der Waals surface area contributed by atoms with E-state index >= 15 is 4.39 Å². The van der Waals surface area contributed by atoms with Gasteiger partial charge in [0.05, 0.1) is 40.7 Å². The summed E-state index contributed by atoms with van der Waals surface area (Å²) in [7, 11) is 4.21. The van der Waals surface area contributed by atoms with Crippen LogP contribution in [0.5, 0.6) is 11.6 Å². The molecule has 4 aromatic rings. The lowest BCUT2D eigenvalue weighted by molar-refractivity contribution is -0.121. The summed E-state index contributed by atoms with van der Waals surface area (Å²) in [4.78, 5) is 56.4. The fourth-order valence-electron chi connectivity index (χ4n) is 6.66. The number of carbonyl (C=O) groups excluding carboxylic acids is 2. The molecule has 0 unspecified atom stereocenters. The normalized spacial score (nSPS) is 18.0. The number of likely N-dealkylation sites (tertiary alicyclic amines) is 1. The second kappa shape index (κ2) is 11.4. The molecule has 5 heterocycles. The Bertz CT molecular complexity index is 2110. The maximum Gasteiger partial charge on any atom is 0.330 e. The van der Waals surface area contributed by atoms with Crippen molar-refractivity contribution >= 4 is 29.1 Å². The van der Waals surface area contributed by atoms with E-state index in [0.29, 0.717) is 49.0 Å². The number of hydrogen-bond donors (Lipinski definition) is 2. The number of methoxy groups -OCH3 is 1.